The lowest BCUT2D eigenvalue weighted by Crippen LogP contribution is -2.33. The van der Waals surface area contributed by atoms with Gasteiger partial charge in [0.15, 0.2) is 0 Å². The van der Waals surface area contributed by atoms with Crippen molar-refractivity contribution in [2.24, 2.45) is 0 Å². The van der Waals surface area contributed by atoms with Crippen LogP contribution in [0.4, 0.5) is 0 Å². The van der Waals surface area contributed by atoms with E-state index in [2.05, 4.69) is 81.0 Å². The van der Waals surface area contributed by atoms with Crippen LogP contribution < -0.4 is 5.32 Å². The normalized spacial score (nSPS) is 12.8. The first-order valence-corrected chi connectivity index (χ1v) is 7.69. The smallest absolute Gasteiger partial charge is 0.0517 e. The van der Waals surface area contributed by atoms with Gasteiger partial charge < -0.3 is 5.32 Å². The highest BCUT2D eigenvalue weighted by Gasteiger charge is 2.24. The van der Waals surface area contributed by atoms with E-state index in [0.717, 1.165) is 12.0 Å². The summed E-state index contributed by atoms with van der Waals surface area (Å²) in [7, 11) is 0. The summed E-state index contributed by atoms with van der Waals surface area (Å²) in [5.41, 5.74) is 5.44. The van der Waals surface area contributed by atoms with Crippen LogP contribution in [0.5, 0.6) is 0 Å². The zero-order valence-electron chi connectivity index (χ0n) is 12.5. The van der Waals surface area contributed by atoms with Gasteiger partial charge in [-0.3, -0.25) is 0 Å². The Balaban J connectivity index is 3.15. The SMILES string of the molecule is Cc1ccc(C(C)(C)C)cc1C(C)(C)CNCBr. The van der Waals surface area contributed by atoms with Crippen molar-refractivity contribution in [3.8, 4) is 0 Å². The molecule has 0 fully saturated rings. The molecule has 0 amide bonds. The number of hydrogen-bond donors (Lipinski definition) is 1. The van der Waals surface area contributed by atoms with Gasteiger partial charge in [0.05, 0.1) is 5.45 Å². The van der Waals surface area contributed by atoms with Gasteiger partial charge in [-0.05, 0) is 29.0 Å². The lowest BCUT2D eigenvalue weighted by Gasteiger charge is -2.30. The lowest BCUT2D eigenvalue weighted by molar-refractivity contribution is 0.485. The van der Waals surface area contributed by atoms with Crippen molar-refractivity contribution in [2.45, 2.75) is 52.4 Å². The molecule has 0 saturated carbocycles. The maximum absolute atomic E-state index is 3.43. The number of hydrogen-bond acceptors (Lipinski definition) is 1. The van der Waals surface area contributed by atoms with Crippen molar-refractivity contribution >= 4 is 15.9 Å². The summed E-state index contributed by atoms with van der Waals surface area (Å²) in [4.78, 5) is 0. The number of benzene rings is 1. The third-order valence-corrected chi connectivity index (χ3v) is 3.89. The summed E-state index contributed by atoms with van der Waals surface area (Å²) in [5.74, 6) is 0. The van der Waals surface area contributed by atoms with Gasteiger partial charge in [-0.25, -0.2) is 0 Å². The first kappa shape index (κ1) is 15.7. The molecule has 0 atom stereocenters. The van der Waals surface area contributed by atoms with E-state index in [1.807, 2.05) is 0 Å². The maximum atomic E-state index is 3.43. The molecule has 1 aromatic carbocycles. The summed E-state index contributed by atoms with van der Waals surface area (Å²) in [6, 6.07) is 6.89. The minimum Gasteiger partial charge on any atom is -0.306 e. The molecule has 0 aliphatic rings. The molecule has 1 nitrogen and oxygen atoms in total. The molecule has 0 aromatic heterocycles. The minimum atomic E-state index is 0.152. The highest BCUT2D eigenvalue weighted by Crippen LogP contribution is 2.31. The van der Waals surface area contributed by atoms with Crippen molar-refractivity contribution in [1.82, 2.24) is 5.32 Å². The Labute approximate surface area is 120 Å². The van der Waals surface area contributed by atoms with Crippen molar-refractivity contribution < 1.29 is 0 Å². The lowest BCUT2D eigenvalue weighted by atomic mass is 9.77. The Morgan fingerprint density at radius 1 is 1.11 bits per heavy atom. The Hall–Kier alpha value is -0.340. The number of alkyl halides is 1. The molecular weight excluding hydrogens is 286 g/mol. The van der Waals surface area contributed by atoms with E-state index in [-0.39, 0.29) is 10.8 Å². The summed E-state index contributed by atoms with van der Waals surface area (Å²) < 4.78 is 0. The van der Waals surface area contributed by atoms with Crippen LogP contribution in [0.2, 0.25) is 0 Å². The van der Waals surface area contributed by atoms with Gasteiger partial charge in [0.25, 0.3) is 0 Å². The maximum Gasteiger partial charge on any atom is 0.0517 e. The van der Waals surface area contributed by atoms with E-state index in [1.165, 1.54) is 16.7 Å². The van der Waals surface area contributed by atoms with Crippen LogP contribution in [-0.4, -0.2) is 12.0 Å². The van der Waals surface area contributed by atoms with Crippen LogP contribution in [0.25, 0.3) is 0 Å². The standard InChI is InChI=1S/C16H26BrN/c1-12-7-8-13(15(2,3)4)9-14(12)16(5,6)10-18-11-17/h7-9,18H,10-11H2,1-6H3. The molecule has 2 heteroatoms. The fraction of sp³-hybridized carbons (Fsp3) is 0.625. The van der Waals surface area contributed by atoms with Crippen molar-refractivity contribution in [3.05, 3.63) is 34.9 Å². The summed E-state index contributed by atoms with van der Waals surface area (Å²) in [6.45, 7) is 14.6. The summed E-state index contributed by atoms with van der Waals surface area (Å²) in [5, 5.41) is 3.39. The van der Waals surface area contributed by atoms with Crippen LogP contribution >= 0.6 is 15.9 Å². The minimum absolute atomic E-state index is 0.152. The second kappa shape index (κ2) is 5.75. The van der Waals surface area contributed by atoms with Crippen molar-refractivity contribution in [3.63, 3.8) is 0 Å². The third-order valence-electron chi connectivity index (χ3n) is 3.49. The first-order valence-electron chi connectivity index (χ1n) is 6.57. The monoisotopic (exact) mass is 311 g/mol. The summed E-state index contributed by atoms with van der Waals surface area (Å²) >= 11 is 3.43. The number of nitrogens with one attached hydrogen (secondary N) is 1. The van der Waals surface area contributed by atoms with Crippen LogP contribution in [0.1, 0.15) is 51.3 Å². The fourth-order valence-corrected chi connectivity index (χ4v) is 2.47. The van der Waals surface area contributed by atoms with E-state index >= 15 is 0 Å². The van der Waals surface area contributed by atoms with Crippen molar-refractivity contribution in [2.75, 3.05) is 12.0 Å². The van der Waals surface area contributed by atoms with Gasteiger partial charge in [-0.2, -0.15) is 0 Å². The molecule has 1 rings (SSSR count). The van der Waals surface area contributed by atoms with Gasteiger partial charge >= 0.3 is 0 Å². The molecule has 102 valence electrons. The predicted octanol–water partition coefficient (Wildman–Crippen LogP) is 4.51. The van der Waals surface area contributed by atoms with E-state index in [9.17, 15) is 0 Å². The quantitative estimate of drug-likeness (QED) is 0.637. The van der Waals surface area contributed by atoms with Crippen LogP contribution in [0.15, 0.2) is 18.2 Å². The van der Waals surface area contributed by atoms with Gasteiger partial charge in [0, 0.05) is 12.0 Å². The number of aryl methyl sites for hydroxylation is 1. The van der Waals surface area contributed by atoms with Crippen LogP contribution in [0.3, 0.4) is 0 Å². The first-order chi connectivity index (χ1) is 8.18. The van der Waals surface area contributed by atoms with Crippen molar-refractivity contribution in [1.29, 1.82) is 0 Å². The van der Waals surface area contributed by atoms with Crippen LogP contribution in [0, 0.1) is 6.92 Å². The zero-order valence-corrected chi connectivity index (χ0v) is 14.1. The van der Waals surface area contributed by atoms with Gasteiger partial charge in [0.1, 0.15) is 0 Å². The van der Waals surface area contributed by atoms with E-state index in [4.69, 9.17) is 0 Å². The molecule has 0 unspecified atom stereocenters. The number of halogens is 1. The third kappa shape index (κ3) is 3.83. The molecule has 0 radical (unpaired) electrons. The molecule has 0 aliphatic carbocycles. The summed E-state index contributed by atoms with van der Waals surface area (Å²) in [6.07, 6.45) is 0. The van der Waals surface area contributed by atoms with Gasteiger partial charge in [0.2, 0.25) is 0 Å². The molecule has 1 N–H and O–H groups in total. The van der Waals surface area contributed by atoms with Gasteiger partial charge in [-0.1, -0.05) is 68.7 Å². The Morgan fingerprint density at radius 3 is 2.22 bits per heavy atom. The van der Waals surface area contributed by atoms with E-state index in [1.54, 1.807) is 0 Å². The Kier molecular flexibility index (Phi) is 5.02. The second-order valence-corrected chi connectivity index (χ2v) is 7.28. The molecular formula is C16H26BrN. The van der Waals surface area contributed by atoms with E-state index in [0.29, 0.717) is 0 Å². The molecule has 0 bridgehead atoms. The predicted molar refractivity (Wildman–Crippen MR) is 84.7 cm³/mol. The average Bonchev–Trinajstić information content (AvgIpc) is 2.25. The highest BCUT2D eigenvalue weighted by atomic mass is 79.9. The average molecular weight is 312 g/mol. The molecule has 1 aromatic rings. The largest absolute Gasteiger partial charge is 0.306 e. The zero-order chi connectivity index (χ0) is 14.0. The topological polar surface area (TPSA) is 12.0 Å². The molecule has 0 heterocycles. The Morgan fingerprint density at radius 2 is 1.72 bits per heavy atom. The van der Waals surface area contributed by atoms with E-state index < -0.39 is 0 Å². The van der Waals surface area contributed by atoms with Crippen LogP contribution in [-0.2, 0) is 10.8 Å². The van der Waals surface area contributed by atoms with Gasteiger partial charge in [-0.15, -0.1) is 0 Å². The molecule has 0 spiro atoms. The molecule has 18 heavy (non-hydrogen) atoms. The molecule has 0 saturated heterocycles. The Bertz CT molecular complexity index is 402. The fourth-order valence-electron chi connectivity index (χ4n) is 2.27. The second-order valence-electron chi connectivity index (χ2n) is 6.72. The number of rotatable bonds is 4. The molecule has 0 aliphatic heterocycles. The highest BCUT2D eigenvalue weighted by molar-refractivity contribution is 9.09.